The van der Waals surface area contributed by atoms with Crippen LogP contribution in [0.4, 0.5) is 0 Å². The first kappa shape index (κ1) is 31.1. The lowest BCUT2D eigenvalue weighted by molar-refractivity contribution is -0.0756. The molecule has 4 aromatic carbocycles. The maximum Gasteiger partial charge on any atom is 0.165 e. The Bertz CT molecular complexity index is 1990. The van der Waals surface area contributed by atoms with Gasteiger partial charge < -0.3 is 18.9 Å². The maximum atomic E-state index is 9.17. The number of ether oxygens (including phenoxy) is 4. The average molecular weight is 638 g/mol. The van der Waals surface area contributed by atoms with E-state index in [1.54, 1.807) is 26.9 Å². The predicted molar refractivity (Wildman–Crippen MR) is 181 cm³/mol. The monoisotopic (exact) mass is 637 g/mol. The SMILES string of the molecule is COc1ccc(C(OC[C@H]2CC[C@H](n3cnc4c(-c5cccc(CC#N)c5)ncnc43)O2)(c2ccccc2)c2ccc(OC)cc2)cc1. The van der Waals surface area contributed by atoms with Crippen molar-refractivity contribution in [3.63, 3.8) is 0 Å². The first-order valence-corrected chi connectivity index (χ1v) is 15.9. The quantitative estimate of drug-likeness (QED) is 0.137. The highest BCUT2D eigenvalue weighted by Crippen LogP contribution is 2.43. The summed E-state index contributed by atoms with van der Waals surface area (Å²) in [6, 6.07) is 36.4. The van der Waals surface area contributed by atoms with Crippen molar-refractivity contribution in [2.45, 2.75) is 37.2 Å². The van der Waals surface area contributed by atoms with Crippen LogP contribution in [0.2, 0.25) is 0 Å². The van der Waals surface area contributed by atoms with E-state index in [4.69, 9.17) is 23.9 Å². The van der Waals surface area contributed by atoms with Crippen molar-refractivity contribution in [3.05, 3.63) is 138 Å². The number of methoxy groups -OCH3 is 2. The van der Waals surface area contributed by atoms with Crippen LogP contribution in [0.5, 0.6) is 11.5 Å². The first-order chi connectivity index (χ1) is 23.6. The summed E-state index contributed by atoms with van der Waals surface area (Å²) in [5, 5.41) is 9.17. The highest BCUT2D eigenvalue weighted by Gasteiger charge is 2.40. The summed E-state index contributed by atoms with van der Waals surface area (Å²) >= 11 is 0. The minimum atomic E-state index is -0.925. The summed E-state index contributed by atoms with van der Waals surface area (Å²) in [7, 11) is 3.33. The van der Waals surface area contributed by atoms with Gasteiger partial charge >= 0.3 is 0 Å². The predicted octanol–water partition coefficient (Wildman–Crippen LogP) is 7.26. The Balaban J connectivity index is 1.18. The number of nitriles is 1. The summed E-state index contributed by atoms with van der Waals surface area (Å²) < 4.78 is 26.7. The number of hydrogen-bond donors (Lipinski definition) is 0. The number of benzene rings is 4. The standard InChI is InChI=1S/C39H35N5O4/c1-45-32-15-11-30(12-16-32)39(29-9-4-3-5-10-29,31-13-17-33(46-2)18-14-31)47-24-34-19-20-35(48-34)44-26-43-37-36(41-25-42-38(37)44)28-8-6-7-27(23-28)21-22-40/h3-18,23,25-26,34-35H,19-21,24H2,1-2H3/t34-,35-/m1/s1. The molecule has 9 heteroatoms. The van der Waals surface area contributed by atoms with E-state index >= 15 is 0 Å². The van der Waals surface area contributed by atoms with Crippen LogP contribution in [-0.2, 0) is 21.5 Å². The van der Waals surface area contributed by atoms with Crippen LogP contribution in [0.1, 0.15) is 41.3 Å². The van der Waals surface area contributed by atoms with Crippen LogP contribution in [0.15, 0.2) is 116 Å². The van der Waals surface area contributed by atoms with E-state index in [2.05, 4.69) is 52.4 Å². The molecule has 0 unspecified atom stereocenters. The molecule has 2 atom stereocenters. The summed E-state index contributed by atoms with van der Waals surface area (Å²) in [6.45, 7) is 0.349. The highest BCUT2D eigenvalue weighted by molar-refractivity contribution is 5.87. The number of aromatic nitrogens is 4. The molecule has 1 fully saturated rings. The van der Waals surface area contributed by atoms with E-state index < -0.39 is 5.60 Å². The van der Waals surface area contributed by atoms with E-state index in [0.29, 0.717) is 24.2 Å². The van der Waals surface area contributed by atoms with Crippen molar-refractivity contribution < 1.29 is 18.9 Å². The minimum Gasteiger partial charge on any atom is -0.497 e. The normalized spacial score (nSPS) is 16.1. The summed E-state index contributed by atoms with van der Waals surface area (Å²) in [5.74, 6) is 1.54. The van der Waals surface area contributed by atoms with Gasteiger partial charge in [0.05, 0.1) is 45.7 Å². The van der Waals surface area contributed by atoms with Crippen molar-refractivity contribution in [3.8, 4) is 28.8 Å². The summed E-state index contributed by atoms with van der Waals surface area (Å²) in [6.07, 6.45) is 4.81. The molecule has 0 amide bonds. The van der Waals surface area contributed by atoms with Gasteiger partial charge in [-0.05, 0) is 65.4 Å². The average Bonchev–Trinajstić information content (AvgIpc) is 3.80. The molecule has 3 heterocycles. The van der Waals surface area contributed by atoms with E-state index in [1.165, 1.54) is 0 Å². The third-order valence-corrected chi connectivity index (χ3v) is 8.90. The second-order valence-electron chi connectivity index (χ2n) is 11.7. The molecule has 9 nitrogen and oxygen atoms in total. The van der Waals surface area contributed by atoms with Crippen LogP contribution < -0.4 is 9.47 Å². The number of rotatable bonds is 11. The molecule has 0 N–H and O–H groups in total. The summed E-state index contributed by atoms with van der Waals surface area (Å²) in [4.78, 5) is 13.9. The molecule has 1 aliphatic heterocycles. The van der Waals surface area contributed by atoms with Gasteiger partial charge in [0, 0.05) is 5.56 Å². The molecule has 240 valence electrons. The third-order valence-electron chi connectivity index (χ3n) is 8.90. The number of imidazole rings is 1. The molecular formula is C39H35N5O4. The number of fused-ring (bicyclic) bond motifs is 1. The smallest absolute Gasteiger partial charge is 0.165 e. The van der Waals surface area contributed by atoms with Gasteiger partial charge in [-0.15, -0.1) is 0 Å². The minimum absolute atomic E-state index is 0.170. The molecule has 0 radical (unpaired) electrons. The lowest BCUT2D eigenvalue weighted by Gasteiger charge is -2.37. The Hall–Kier alpha value is -5.56. The Morgan fingerprint density at radius 3 is 2.17 bits per heavy atom. The van der Waals surface area contributed by atoms with Gasteiger partial charge in [-0.25, -0.2) is 15.0 Å². The van der Waals surface area contributed by atoms with Crippen LogP contribution in [0, 0.1) is 11.3 Å². The van der Waals surface area contributed by atoms with Gasteiger partial charge in [-0.1, -0.05) is 72.8 Å². The van der Waals surface area contributed by atoms with E-state index in [-0.39, 0.29) is 12.3 Å². The lowest BCUT2D eigenvalue weighted by Crippen LogP contribution is -2.35. The molecule has 0 saturated carbocycles. The van der Waals surface area contributed by atoms with Crippen molar-refractivity contribution in [2.24, 2.45) is 0 Å². The lowest BCUT2D eigenvalue weighted by atomic mass is 9.80. The van der Waals surface area contributed by atoms with Gasteiger partial charge in [0.2, 0.25) is 0 Å². The van der Waals surface area contributed by atoms with E-state index in [0.717, 1.165) is 57.9 Å². The molecule has 7 rings (SSSR count). The first-order valence-electron chi connectivity index (χ1n) is 15.9. The Morgan fingerprint density at radius 2 is 1.50 bits per heavy atom. The molecule has 1 saturated heterocycles. The van der Waals surface area contributed by atoms with Crippen LogP contribution >= 0.6 is 0 Å². The molecule has 1 aliphatic rings. The van der Waals surface area contributed by atoms with Crippen molar-refractivity contribution in [1.82, 2.24) is 19.5 Å². The number of nitrogens with zero attached hydrogens (tertiary/aromatic N) is 5. The van der Waals surface area contributed by atoms with Crippen LogP contribution in [0.25, 0.3) is 22.4 Å². The highest BCUT2D eigenvalue weighted by atomic mass is 16.6. The molecule has 6 aromatic rings. The van der Waals surface area contributed by atoms with Crippen molar-refractivity contribution in [2.75, 3.05) is 20.8 Å². The second-order valence-corrected chi connectivity index (χ2v) is 11.7. The zero-order valence-electron chi connectivity index (χ0n) is 26.8. The topological polar surface area (TPSA) is 104 Å². The van der Waals surface area contributed by atoms with Gasteiger partial charge in [0.1, 0.15) is 40.9 Å². The van der Waals surface area contributed by atoms with Gasteiger partial charge in [-0.2, -0.15) is 5.26 Å². The second kappa shape index (κ2) is 13.7. The molecule has 0 spiro atoms. The van der Waals surface area contributed by atoms with E-state index in [9.17, 15) is 5.26 Å². The fraction of sp³-hybridized carbons (Fsp3) is 0.231. The molecule has 2 aromatic heterocycles. The molecule has 0 bridgehead atoms. The maximum absolute atomic E-state index is 9.17. The molecule has 48 heavy (non-hydrogen) atoms. The largest absolute Gasteiger partial charge is 0.497 e. The Labute approximate surface area is 279 Å². The third kappa shape index (κ3) is 5.88. The van der Waals surface area contributed by atoms with Crippen LogP contribution in [-0.4, -0.2) is 46.4 Å². The van der Waals surface area contributed by atoms with Gasteiger partial charge in [0.15, 0.2) is 5.65 Å². The van der Waals surface area contributed by atoms with Crippen LogP contribution in [0.3, 0.4) is 0 Å². The number of hydrogen-bond acceptors (Lipinski definition) is 8. The molecule has 0 aliphatic carbocycles. The fourth-order valence-electron chi connectivity index (χ4n) is 6.50. The Morgan fingerprint density at radius 1 is 0.812 bits per heavy atom. The van der Waals surface area contributed by atoms with E-state index in [1.807, 2.05) is 71.3 Å². The summed E-state index contributed by atoms with van der Waals surface area (Å²) in [5.41, 5.74) is 5.96. The van der Waals surface area contributed by atoms with Gasteiger partial charge in [0.25, 0.3) is 0 Å². The van der Waals surface area contributed by atoms with Gasteiger partial charge in [-0.3, -0.25) is 4.57 Å². The fourth-order valence-corrected chi connectivity index (χ4v) is 6.50. The zero-order valence-corrected chi connectivity index (χ0v) is 26.8. The zero-order chi connectivity index (χ0) is 32.9. The van der Waals surface area contributed by atoms with Crippen molar-refractivity contribution in [1.29, 1.82) is 5.26 Å². The van der Waals surface area contributed by atoms with Crippen molar-refractivity contribution >= 4 is 11.2 Å². The molecular weight excluding hydrogens is 602 g/mol. The Kier molecular flexibility index (Phi) is 8.84.